The summed E-state index contributed by atoms with van der Waals surface area (Å²) in [5.41, 5.74) is 2.87. The van der Waals surface area contributed by atoms with Crippen molar-refractivity contribution in [2.45, 2.75) is 26.4 Å². The molecule has 3 aromatic rings. The Morgan fingerprint density at radius 1 is 1.23 bits per heavy atom. The maximum absolute atomic E-state index is 5.47. The Morgan fingerprint density at radius 3 is 2.88 bits per heavy atom. The van der Waals surface area contributed by atoms with E-state index in [9.17, 15) is 0 Å². The fourth-order valence-electron chi connectivity index (χ4n) is 2.61. The van der Waals surface area contributed by atoms with Crippen molar-refractivity contribution in [2.24, 2.45) is 5.16 Å². The second-order valence-corrected chi connectivity index (χ2v) is 8.32. The summed E-state index contributed by atoms with van der Waals surface area (Å²) < 4.78 is 0. The Kier molecular flexibility index (Phi) is 4.69. The zero-order valence-electron chi connectivity index (χ0n) is 14.8. The van der Waals surface area contributed by atoms with Gasteiger partial charge in [-0.2, -0.15) is 0 Å². The number of aromatic nitrogens is 3. The standard InChI is InChI=1S/C18H19N5OS2/c1-11(2)24-22-13-6-8-23(3)18-15(13)21-17(26-18)14-10-20-16(25-14)12-5-4-7-19-9-12/h4-5,7,9-11H,6,8H2,1-3H3. The third-order valence-electron chi connectivity index (χ3n) is 3.91. The minimum absolute atomic E-state index is 0.0623. The molecular formula is C18H19N5OS2. The zero-order chi connectivity index (χ0) is 18.1. The van der Waals surface area contributed by atoms with E-state index in [-0.39, 0.29) is 6.10 Å². The van der Waals surface area contributed by atoms with E-state index < -0.39 is 0 Å². The number of thiazole rings is 2. The summed E-state index contributed by atoms with van der Waals surface area (Å²) in [6.07, 6.45) is 6.38. The third-order valence-corrected chi connectivity index (χ3v) is 6.30. The fraction of sp³-hybridized carbons (Fsp3) is 0.333. The zero-order valence-corrected chi connectivity index (χ0v) is 16.5. The summed E-state index contributed by atoms with van der Waals surface area (Å²) in [5.74, 6) is 0. The lowest BCUT2D eigenvalue weighted by molar-refractivity contribution is 0.0855. The van der Waals surface area contributed by atoms with E-state index in [0.717, 1.165) is 49.8 Å². The first-order valence-electron chi connectivity index (χ1n) is 8.43. The van der Waals surface area contributed by atoms with Crippen molar-refractivity contribution in [3.8, 4) is 20.5 Å². The molecule has 0 aromatic carbocycles. The molecule has 0 N–H and O–H groups in total. The highest BCUT2D eigenvalue weighted by molar-refractivity contribution is 7.25. The second kappa shape index (κ2) is 7.13. The summed E-state index contributed by atoms with van der Waals surface area (Å²) in [4.78, 5) is 22.3. The first kappa shape index (κ1) is 17.1. The molecule has 0 unspecified atom stereocenters. The molecule has 0 amide bonds. The van der Waals surface area contributed by atoms with Crippen LogP contribution in [0.4, 0.5) is 5.00 Å². The highest BCUT2D eigenvalue weighted by Crippen LogP contribution is 2.40. The number of hydrogen-bond donors (Lipinski definition) is 0. The molecule has 0 saturated heterocycles. The molecular weight excluding hydrogens is 366 g/mol. The van der Waals surface area contributed by atoms with Crippen LogP contribution in [0.1, 0.15) is 26.0 Å². The number of oxime groups is 1. The molecule has 1 aliphatic rings. The molecule has 0 spiro atoms. The Bertz CT molecular complexity index is 932. The van der Waals surface area contributed by atoms with Gasteiger partial charge in [-0.1, -0.05) is 16.5 Å². The van der Waals surface area contributed by atoms with Gasteiger partial charge < -0.3 is 9.74 Å². The summed E-state index contributed by atoms with van der Waals surface area (Å²) in [7, 11) is 2.09. The Morgan fingerprint density at radius 2 is 2.12 bits per heavy atom. The Hall–Kier alpha value is -2.32. The van der Waals surface area contributed by atoms with Crippen molar-refractivity contribution in [2.75, 3.05) is 18.5 Å². The monoisotopic (exact) mass is 385 g/mol. The summed E-state index contributed by atoms with van der Waals surface area (Å²) in [6.45, 7) is 4.87. The van der Waals surface area contributed by atoms with Crippen LogP contribution >= 0.6 is 22.7 Å². The number of hydrogen-bond acceptors (Lipinski definition) is 8. The van der Waals surface area contributed by atoms with Gasteiger partial charge in [-0.25, -0.2) is 9.97 Å². The quantitative estimate of drug-likeness (QED) is 0.627. The predicted molar refractivity (Wildman–Crippen MR) is 107 cm³/mol. The minimum Gasteiger partial charge on any atom is -0.393 e. The fourth-order valence-corrected chi connectivity index (χ4v) is 4.63. The van der Waals surface area contributed by atoms with Crippen LogP contribution in [0, 0.1) is 0 Å². The van der Waals surface area contributed by atoms with Gasteiger partial charge in [-0.3, -0.25) is 4.98 Å². The average Bonchev–Trinajstić information content (AvgIpc) is 3.29. The highest BCUT2D eigenvalue weighted by atomic mass is 32.1. The minimum atomic E-state index is 0.0623. The molecule has 1 aliphatic heterocycles. The molecule has 4 heterocycles. The molecule has 0 aliphatic carbocycles. The molecule has 6 nitrogen and oxygen atoms in total. The van der Waals surface area contributed by atoms with E-state index in [0.29, 0.717) is 0 Å². The number of rotatable bonds is 4. The van der Waals surface area contributed by atoms with Crippen molar-refractivity contribution in [1.29, 1.82) is 0 Å². The van der Waals surface area contributed by atoms with E-state index in [1.165, 1.54) is 0 Å². The number of pyridine rings is 1. The molecule has 4 rings (SSSR count). The lowest BCUT2D eigenvalue weighted by Crippen LogP contribution is -2.28. The smallest absolute Gasteiger partial charge is 0.137 e. The van der Waals surface area contributed by atoms with E-state index in [2.05, 4.69) is 27.1 Å². The van der Waals surface area contributed by atoms with E-state index >= 15 is 0 Å². The van der Waals surface area contributed by atoms with Gasteiger partial charge in [0.15, 0.2) is 0 Å². The summed E-state index contributed by atoms with van der Waals surface area (Å²) >= 11 is 3.31. The van der Waals surface area contributed by atoms with Gasteiger partial charge in [-0.05, 0) is 26.0 Å². The van der Waals surface area contributed by atoms with Crippen LogP contribution in [0.25, 0.3) is 20.5 Å². The molecule has 0 saturated carbocycles. The first-order valence-corrected chi connectivity index (χ1v) is 10.1. The molecule has 0 radical (unpaired) electrons. The topological polar surface area (TPSA) is 63.5 Å². The maximum Gasteiger partial charge on any atom is 0.137 e. The van der Waals surface area contributed by atoms with Gasteiger partial charge in [0.2, 0.25) is 0 Å². The van der Waals surface area contributed by atoms with Gasteiger partial charge in [0.25, 0.3) is 0 Å². The third kappa shape index (κ3) is 3.34. The van der Waals surface area contributed by atoms with Gasteiger partial charge in [-0.15, -0.1) is 11.3 Å². The highest BCUT2D eigenvalue weighted by Gasteiger charge is 2.26. The molecule has 0 fully saturated rings. The normalized spacial score (nSPS) is 15.5. The van der Waals surface area contributed by atoms with Gasteiger partial charge >= 0.3 is 0 Å². The van der Waals surface area contributed by atoms with Crippen LogP contribution in [0.5, 0.6) is 0 Å². The molecule has 0 atom stereocenters. The number of fused-ring (bicyclic) bond motifs is 1. The van der Waals surface area contributed by atoms with Crippen molar-refractivity contribution < 1.29 is 4.84 Å². The lowest BCUT2D eigenvalue weighted by atomic mass is 10.1. The van der Waals surface area contributed by atoms with Crippen LogP contribution in [-0.4, -0.2) is 40.4 Å². The van der Waals surface area contributed by atoms with Gasteiger partial charge in [0.1, 0.15) is 32.5 Å². The molecule has 26 heavy (non-hydrogen) atoms. The lowest BCUT2D eigenvalue weighted by Gasteiger charge is -2.23. The van der Waals surface area contributed by atoms with Crippen LogP contribution in [0.15, 0.2) is 35.9 Å². The summed E-state index contributed by atoms with van der Waals surface area (Å²) in [5, 5.41) is 7.38. The largest absolute Gasteiger partial charge is 0.393 e. The molecule has 3 aromatic heterocycles. The van der Waals surface area contributed by atoms with E-state index in [4.69, 9.17) is 9.82 Å². The van der Waals surface area contributed by atoms with E-state index in [1.54, 1.807) is 28.9 Å². The van der Waals surface area contributed by atoms with Crippen LogP contribution in [0.2, 0.25) is 0 Å². The van der Waals surface area contributed by atoms with Crippen LogP contribution < -0.4 is 4.90 Å². The summed E-state index contributed by atoms with van der Waals surface area (Å²) in [6, 6.07) is 3.94. The van der Waals surface area contributed by atoms with Crippen molar-refractivity contribution in [1.82, 2.24) is 15.0 Å². The van der Waals surface area contributed by atoms with Crippen molar-refractivity contribution in [3.63, 3.8) is 0 Å². The van der Waals surface area contributed by atoms with Crippen LogP contribution in [0.3, 0.4) is 0 Å². The van der Waals surface area contributed by atoms with Crippen LogP contribution in [-0.2, 0) is 4.84 Å². The van der Waals surface area contributed by atoms with E-state index in [1.807, 2.05) is 38.4 Å². The molecule has 0 bridgehead atoms. The predicted octanol–water partition coefficient (Wildman–Crippen LogP) is 4.30. The SMILES string of the molecule is CC(C)ON=C1CCN(C)c2sc(-c3cnc(-c4cccnc4)s3)nc21. The Labute approximate surface area is 160 Å². The van der Waals surface area contributed by atoms with Crippen molar-refractivity contribution in [3.05, 3.63) is 36.4 Å². The van der Waals surface area contributed by atoms with Gasteiger partial charge in [0.05, 0.1) is 4.88 Å². The number of anilines is 1. The molecule has 134 valence electrons. The Balaban J connectivity index is 1.68. The maximum atomic E-state index is 5.47. The van der Waals surface area contributed by atoms with Crippen molar-refractivity contribution >= 4 is 33.4 Å². The second-order valence-electron chi connectivity index (χ2n) is 6.31. The average molecular weight is 386 g/mol. The molecule has 8 heteroatoms. The first-order chi connectivity index (χ1) is 12.6. The number of nitrogens with zero attached hydrogens (tertiary/aromatic N) is 5. The van der Waals surface area contributed by atoms with Gasteiger partial charge in [0, 0.05) is 44.2 Å².